The first kappa shape index (κ1) is 16.2. The molecule has 120 valence electrons. The molecule has 0 fully saturated rings. The van der Waals surface area contributed by atoms with Crippen molar-refractivity contribution in [1.82, 2.24) is 0 Å². The van der Waals surface area contributed by atoms with E-state index in [0.717, 1.165) is 21.0 Å². The highest BCUT2D eigenvalue weighted by Crippen LogP contribution is 2.24. The zero-order valence-corrected chi connectivity index (χ0v) is 14.9. The second-order valence-electron chi connectivity index (χ2n) is 5.23. The van der Waals surface area contributed by atoms with Crippen molar-refractivity contribution in [2.24, 2.45) is 0 Å². The summed E-state index contributed by atoms with van der Waals surface area (Å²) in [6.45, 7) is 1.94. The number of hydrogen-bond donors (Lipinski definition) is 0. The zero-order chi connectivity index (χ0) is 16.4. The van der Waals surface area contributed by atoms with Crippen LogP contribution in [-0.2, 0) is 20.7 Å². The Hall–Kier alpha value is -1.63. The van der Waals surface area contributed by atoms with E-state index in [-0.39, 0.29) is 11.5 Å². The van der Waals surface area contributed by atoms with E-state index in [1.807, 2.05) is 31.2 Å². The lowest BCUT2D eigenvalue weighted by Gasteiger charge is -2.05. The highest BCUT2D eigenvalue weighted by molar-refractivity contribution is 9.10. The van der Waals surface area contributed by atoms with Gasteiger partial charge in [0.05, 0.1) is 11.5 Å². The highest BCUT2D eigenvalue weighted by Gasteiger charge is 2.15. The van der Waals surface area contributed by atoms with E-state index in [9.17, 15) is 8.42 Å². The van der Waals surface area contributed by atoms with E-state index >= 15 is 0 Å². The molecule has 0 saturated carbocycles. The molecule has 1 heterocycles. The lowest BCUT2D eigenvalue weighted by atomic mass is 10.2. The summed E-state index contributed by atoms with van der Waals surface area (Å²) in [7, 11) is -3.73. The van der Waals surface area contributed by atoms with Crippen LogP contribution in [0.3, 0.4) is 0 Å². The van der Waals surface area contributed by atoms with Crippen LogP contribution in [0.2, 0.25) is 0 Å². The fraction of sp³-hybridized carbons (Fsp3) is 0.176. The molecule has 0 saturated heterocycles. The van der Waals surface area contributed by atoms with E-state index in [1.54, 1.807) is 24.3 Å². The number of fused-ring (bicyclic) bond motifs is 1. The summed E-state index contributed by atoms with van der Waals surface area (Å²) < 4.78 is 35.9. The third-order valence-electron chi connectivity index (χ3n) is 3.43. The molecule has 0 atom stereocenters. The lowest BCUT2D eigenvalue weighted by Crippen LogP contribution is -2.09. The summed E-state index contributed by atoms with van der Waals surface area (Å²) in [5.41, 5.74) is 1.77. The van der Waals surface area contributed by atoms with Crippen molar-refractivity contribution in [1.29, 1.82) is 0 Å². The van der Waals surface area contributed by atoms with E-state index in [2.05, 4.69) is 15.9 Å². The van der Waals surface area contributed by atoms with Gasteiger partial charge in [-0.15, -0.1) is 0 Å². The van der Waals surface area contributed by atoms with Crippen LogP contribution in [0, 0.1) is 6.92 Å². The van der Waals surface area contributed by atoms with Crippen LogP contribution in [0.4, 0.5) is 0 Å². The molecule has 1 aromatic heterocycles. The van der Waals surface area contributed by atoms with Crippen LogP contribution in [0.1, 0.15) is 11.3 Å². The second kappa shape index (κ2) is 6.47. The Balaban J connectivity index is 1.66. The van der Waals surface area contributed by atoms with Gasteiger partial charge in [0.2, 0.25) is 0 Å². The molecule has 0 radical (unpaired) electrons. The average molecular weight is 395 g/mol. The predicted molar refractivity (Wildman–Crippen MR) is 91.9 cm³/mol. The summed E-state index contributed by atoms with van der Waals surface area (Å²) in [4.78, 5) is 0.164. The molecule has 4 nitrogen and oxygen atoms in total. The quantitative estimate of drug-likeness (QED) is 0.599. The SMILES string of the molecule is Cc1ccc(S(=O)(=O)OCCc2cc3cc(Br)ccc3o2)cc1. The predicted octanol–water partition coefficient (Wildman–Crippen LogP) is 4.45. The third kappa shape index (κ3) is 3.83. The van der Waals surface area contributed by atoms with Crippen LogP contribution in [0.15, 0.2) is 62.3 Å². The van der Waals surface area contributed by atoms with Crippen molar-refractivity contribution in [3.8, 4) is 0 Å². The van der Waals surface area contributed by atoms with Gasteiger partial charge in [0.25, 0.3) is 10.1 Å². The Morgan fingerprint density at radius 3 is 2.57 bits per heavy atom. The second-order valence-corrected chi connectivity index (χ2v) is 7.77. The van der Waals surface area contributed by atoms with Crippen molar-refractivity contribution in [3.05, 3.63) is 64.3 Å². The Bertz CT molecular complexity index is 927. The Morgan fingerprint density at radius 2 is 1.83 bits per heavy atom. The molecule has 0 spiro atoms. The summed E-state index contributed by atoms with van der Waals surface area (Å²) in [5.74, 6) is 0.692. The maximum Gasteiger partial charge on any atom is 0.296 e. The van der Waals surface area contributed by atoms with Crippen LogP contribution >= 0.6 is 15.9 Å². The molecule has 0 aliphatic rings. The van der Waals surface area contributed by atoms with Crippen LogP contribution in [0.25, 0.3) is 11.0 Å². The lowest BCUT2D eigenvalue weighted by molar-refractivity contribution is 0.312. The number of hydrogen-bond acceptors (Lipinski definition) is 4. The highest BCUT2D eigenvalue weighted by atomic mass is 79.9. The van der Waals surface area contributed by atoms with Crippen molar-refractivity contribution >= 4 is 37.0 Å². The van der Waals surface area contributed by atoms with Gasteiger partial charge in [-0.05, 0) is 43.3 Å². The molecular formula is C17H15BrO4S. The largest absolute Gasteiger partial charge is 0.461 e. The van der Waals surface area contributed by atoms with Gasteiger partial charge in [-0.1, -0.05) is 33.6 Å². The molecule has 0 bridgehead atoms. The summed E-state index contributed by atoms with van der Waals surface area (Å²) in [6.07, 6.45) is 0.386. The van der Waals surface area contributed by atoms with E-state index < -0.39 is 10.1 Å². The minimum Gasteiger partial charge on any atom is -0.461 e. The summed E-state index contributed by atoms with van der Waals surface area (Å²) in [5, 5.41) is 0.968. The van der Waals surface area contributed by atoms with Crippen LogP contribution in [-0.4, -0.2) is 15.0 Å². The standard InChI is InChI=1S/C17H15BrO4S/c1-12-2-5-16(6-3-12)23(19,20)21-9-8-15-11-13-10-14(18)4-7-17(13)22-15/h2-7,10-11H,8-9H2,1H3. The van der Waals surface area contributed by atoms with Gasteiger partial charge in [0, 0.05) is 16.3 Å². The van der Waals surface area contributed by atoms with Gasteiger partial charge in [-0.3, -0.25) is 4.18 Å². The maximum absolute atomic E-state index is 12.1. The monoisotopic (exact) mass is 394 g/mol. The maximum atomic E-state index is 12.1. The number of benzene rings is 2. The molecule has 0 aliphatic carbocycles. The van der Waals surface area contributed by atoms with Gasteiger partial charge < -0.3 is 4.42 Å². The molecule has 3 aromatic rings. The van der Waals surface area contributed by atoms with Crippen LogP contribution in [0.5, 0.6) is 0 Å². The molecule has 6 heteroatoms. The number of aryl methyl sites for hydroxylation is 1. The normalized spacial score (nSPS) is 11.9. The number of rotatable bonds is 5. The zero-order valence-electron chi connectivity index (χ0n) is 12.5. The third-order valence-corrected chi connectivity index (χ3v) is 5.25. The molecule has 0 unspecified atom stereocenters. The van der Waals surface area contributed by atoms with Gasteiger partial charge in [0.1, 0.15) is 11.3 Å². The molecule has 23 heavy (non-hydrogen) atoms. The van der Waals surface area contributed by atoms with Gasteiger partial charge >= 0.3 is 0 Å². The van der Waals surface area contributed by atoms with E-state index in [1.165, 1.54) is 0 Å². The molecule has 0 aliphatic heterocycles. The Kier molecular flexibility index (Phi) is 4.57. The Morgan fingerprint density at radius 1 is 1.09 bits per heavy atom. The first-order valence-corrected chi connectivity index (χ1v) is 9.28. The topological polar surface area (TPSA) is 56.5 Å². The fourth-order valence-electron chi connectivity index (χ4n) is 2.22. The summed E-state index contributed by atoms with van der Waals surface area (Å²) >= 11 is 3.41. The smallest absolute Gasteiger partial charge is 0.296 e. The fourth-order valence-corrected chi connectivity index (χ4v) is 3.50. The van der Waals surface area contributed by atoms with Crippen molar-refractivity contribution in [3.63, 3.8) is 0 Å². The van der Waals surface area contributed by atoms with Crippen molar-refractivity contribution in [2.75, 3.05) is 6.61 Å². The molecule has 3 rings (SSSR count). The van der Waals surface area contributed by atoms with Gasteiger partial charge in [-0.25, -0.2) is 0 Å². The van der Waals surface area contributed by atoms with E-state index in [0.29, 0.717) is 12.2 Å². The van der Waals surface area contributed by atoms with Gasteiger partial charge in [-0.2, -0.15) is 8.42 Å². The summed E-state index contributed by atoms with van der Waals surface area (Å²) in [6, 6.07) is 14.2. The number of halogens is 1. The average Bonchev–Trinajstić information content (AvgIpc) is 2.89. The minimum atomic E-state index is -3.73. The van der Waals surface area contributed by atoms with Crippen LogP contribution < -0.4 is 0 Å². The van der Waals surface area contributed by atoms with Crippen molar-refractivity contribution < 1.29 is 17.0 Å². The Labute approximate surface area is 143 Å². The van der Waals surface area contributed by atoms with Crippen molar-refractivity contribution in [2.45, 2.75) is 18.2 Å². The van der Waals surface area contributed by atoms with Gasteiger partial charge in [0.15, 0.2) is 0 Å². The molecule has 0 amide bonds. The first-order chi connectivity index (χ1) is 10.9. The molecule has 2 aromatic carbocycles. The number of furan rings is 1. The first-order valence-electron chi connectivity index (χ1n) is 7.08. The molecular weight excluding hydrogens is 380 g/mol. The minimum absolute atomic E-state index is 0.0389. The van der Waals surface area contributed by atoms with E-state index in [4.69, 9.17) is 8.60 Å². The molecule has 0 N–H and O–H groups in total.